The summed E-state index contributed by atoms with van der Waals surface area (Å²) in [6.07, 6.45) is 5.35. The third kappa shape index (κ3) is 7.15. The summed E-state index contributed by atoms with van der Waals surface area (Å²) in [5.41, 5.74) is 0.0120. The fraction of sp³-hybridized carbons (Fsp3) is 1.00. The molecule has 21 heavy (non-hydrogen) atoms. The molecule has 2 nitrogen and oxygen atoms in total. The maximum absolute atomic E-state index is 6.53. The number of hydrogen-bond acceptors (Lipinski definition) is 2. The molecule has 0 N–H and O–H groups in total. The largest absolute Gasteiger partial charge is 0.379 e. The summed E-state index contributed by atoms with van der Waals surface area (Å²) in [6, 6.07) is 0. The van der Waals surface area contributed by atoms with Gasteiger partial charge in [-0.3, -0.25) is 0 Å². The molecular weight excluding hydrogens is 260 g/mol. The summed E-state index contributed by atoms with van der Waals surface area (Å²) in [7, 11) is 1.81. The van der Waals surface area contributed by atoms with E-state index in [1.165, 1.54) is 0 Å². The molecule has 0 amide bonds. The zero-order valence-electron chi connectivity index (χ0n) is 16.4. The minimum Gasteiger partial charge on any atom is -0.379 e. The molecule has 0 saturated heterocycles. The minimum absolute atomic E-state index is 0.0593. The molecule has 2 heteroatoms. The molecule has 0 aromatic rings. The first-order valence-corrected chi connectivity index (χ1v) is 8.62. The summed E-state index contributed by atoms with van der Waals surface area (Å²) in [4.78, 5) is 0. The minimum atomic E-state index is -0.0836. The highest BCUT2D eigenvalue weighted by Crippen LogP contribution is 2.43. The van der Waals surface area contributed by atoms with E-state index in [0.29, 0.717) is 0 Å². The van der Waals surface area contributed by atoms with Crippen LogP contribution in [0.3, 0.4) is 0 Å². The Labute approximate surface area is 134 Å². The Hall–Kier alpha value is -0.0800. The van der Waals surface area contributed by atoms with Crippen molar-refractivity contribution in [3.05, 3.63) is 0 Å². The molecule has 0 aromatic heterocycles. The van der Waals surface area contributed by atoms with Crippen LogP contribution < -0.4 is 0 Å². The van der Waals surface area contributed by atoms with E-state index in [2.05, 4.69) is 62.3 Å². The van der Waals surface area contributed by atoms with Crippen molar-refractivity contribution in [2.45, 2.75) is 111 Å². The normalized spacial score (nSPS) is 19.1. The molecule has 0 rings (SSSR count). The summed E-state index contributed by atoms with van der Waals surface area (Å²) in [5, 5.41) is 0. The molecule has 2 atom stereocenters. The van der Waals surface area contributed by atoms with Crippen LogP contribution in [-0.4, -0.2) is 23.9 Å². The second kappa shape index (κ2) is 7.46. The monoisotopic (exact) mass is 300 g/mol. The van der Waals surface area contributed by atoms with E-state index < -0.39 is 0 Å². The highest BCUT2D eigenvalue weighted by Gasteiger charge is 2.40. The second-order valence-electron chi connectivity index (χ2n) is 8.50. The second-order valence-corrected chi connectivity index (χ2v) is 8.50. The predicted molar refractivity (Wildman–Crippen MR) is 92.9 cm³/mol. The van der Waals surface area contributed by atoms with Crippen LogP contribution in [0.15, 0.2) is 0 Å². The predicted octanol–water partition coefficient (Wildman–Crippen LogP) is 5.98. The number of rotatable bonds is 10. The van der Waals surface area contributed by atoms with Gasteiger partial charge in [0.1, 0.15) is 0 Å². The van der Waals surface area contributed by atoms with Crippen molar-refractivity contribution in [1.29, 1.82) is 0 Å². The van der Waals surface area contributed by atoms with Crippen LogP contribution >= 0.6 is 0 Å². The van der Waals surface area contributed by atoms with E-state index >= 15 is 0 Å². The average Bonchev–Trinajstić information content (AvgIpc) is 2.37. The van der Waals surface area contributed by atoms with Crippen LogP contribution in [0.2, 0.25) is 0 Å². The van der Waals surface area contributed by atoms with Gasteiger partial charge in [0.15, 0.2) is 0 Å². The van der Waals surface area contributed by atoms with Gasteiger partial charge in [0.05, 0.1) is 16.8 Å². The van der Waals surface area contributed by atoms with Gasteiger partial charge in [-0.25, -0.2) is 0 Å². The van der Waals surface area contributed by atoms with Crippen LogP contribution in [0.5, 0.6) is 0 Å². The Kier molecular flexibility index (Phi) is 7.43. The van der Waals surface area contributed by atoms with Crippen molar-refractivity contribution < 1.29 is 9.47 Å². The van der Waals surface area contributed by atoms with Crippen molar-refractivity contribution in [1.82, 2.24) is 0 Å². The van der Waals surface area contributed by atoms with Crippen molar-refractivity contribution >= 4 is 0 Å². The molecule has 128 valence electrons. The van der Waals surface area contributed by atoms with Crippen LogP contribution in [-0.2, 0) is 9.47 Å². The molecule has 0 saturated carbocycles. The Morgan fingerprint density at radius 3 is 1.52 bits per heavy atom. The van der Waals surface area contributed by atoms with Gasteiger partial charge in [-0.2, -0.15) is 0 Å². The Bertz CT molecular complexity index is 279. The molecule has 0 spiro atoms. The molecule has 0 aliphatic rings. The third-order valence-electron chi connectivity index (χ3n) is 5.18. The van der Waals surface area contributed by atoms with E-state index in [9.17, 15) is 0 Å². The maximum atomic E-state index is 6.53. The lowest BCUT2D eigenvalue weighted by Gasteiger charge is -2.45. The van der Waals surface area contributed by atoms with E-state index in [-0.39, 0.29) is 22.2 Å². The topological polar surface area (TPSA) is 18.5 Å². The summed E-state index contributed by atoms with van der Waals surface area (Å²) < 4.78 is 12.2. The number of hydrogen-bond donors (Lipinski definition) is 0. The highest BCUT2D eigenvalue weighted by molar-refractivity contribution is 4.90. The molecule has 0 aliphatic carbocycles. The lowest BCUT2D eigenvalue weighted by Crippen LogP contribution is -2.44. The zero-order valence-corrected chi connectivity index (χ0v) is 16.4. The quantitative estimate of drug-likeness (QED) is 0.494. The molecule has 0 heterocycles. The van der Waals surface area contributed by atoms with E-state index in [1.807, 2.05) is 7.11 Å². The number of methoxy groups -OCH3 is 1. The SMILES string of the molecule is CCC(C)(CC(C)(C)OC)CC(C)(CC)OC(C)(C)CC. The molecular formula is C19H40O2. The van der Waals surface area contributed by atoms with Gasteiger partial charge in [0.2, 0.25) is 0 Å². The Morgan fingerprint density at radius 2 is 1.19 bits per heavy atom. The van der Waals surface area contributed by atoms with Gasteiger partial charge in [-0.05, 0) is 65.7 Å². The molecule has 0 aliphatic heterocycles. The fourth-order valence-corrected chi connectivity index (χ4v) is 3.29. The fourth-order valence-electron chi connectivity index (χ4n) is 3.29. The van der Waals surface area contributed by atoms with Gasteiger partial charge in [-0.1, -0.05) is 34.1 Å². The first-order valence-electron chi connectivity index (χ1n) is 8.62. The summed E-state index contributed by atoms with van der Waals surface area (Å²) >= 11 is 0. The van der Waals surface area contributed by atoms with E-state index in [0.717, 1.165) is 32.1 Å². The van der Waals surface area contributed by atoms with Gasteiger partial charge < -0.3 is 9.47 Å². The first-order chi connectivity index (χ1) is 9.36. The lowest BCUT2D eigenvalue weighted by molar-refractivity contribution is -0.157. The van der Waals surface area contributed by atoms with Crippen LogP contribution in [0.1, 0.15) is 94.4 Å². The molecule has 0 radical (unpaired) electrons. The standard InChI is InChI=1S/C19H40O2/c1-11-16(4,5)21-19(9,13-3)15-18(8,12-2)14-17(6,7)20-10/h11-15H2,1-10H3. The third-order valence-corrected chi connectivity index (χ3v) is 5.18. The first kappa shape index (κ1) is 20.9. The summed E-state index contributed by atoms with van der Waals surface area (Å²) in [6.45, 7) is 20.1. The van der Waals surface area contributed by atoms with Crippen LogP contribution in [0, 0.1) is 5.41 Å². The summed E-state index contributed by atoms with van der Waals surface area (Å²) in [5.74, 6) is 0. The highest BCUT2D eigenvalue weighted by atomic mass is 16.5. The van der Waals surface area contributed by atoms with E-state index in [1.54, 1.807) is 0 Å². The van der Waals surface area contributed by atoms with Crippen molar-refractivity contribution in [3.8, 4) is 0 Å². The smallest absolute Gasteiger partial charge is 0.0664 e. The van der Waals surface area contributed by atoms with Gasteiger partial charge in [0.25, 0.3) is 0 Å². The van der Waals surface area contributed by atoms with E-state index in [4.69, 9.17) is 9.47 Å². The number of ether oxygens (including phenoxy) is 2. The average molecular weight is 301 g/mol. The molecule has 0 aromatic carbocycles. The zero-order chi connectivity index (χ0) is 16.9. The van der Waals surface area contributed by atoms with Gasteiger partial charge in [0, 0.05) is 7.11 Å². The Morgan fingerprint density at radius 1 is 0.667 bits per heavy atom. The van der Waals surface area contributed by atoms with Crippen LogP contribution in [0.25, 0.3) is 0 Å². The van der Waals surface area contributed by atoms with Crippen molar-refractivity contribution in [3.63, 3.8) is 0 Å². The molecule has 2 unspecified atom stereocenters. The van der Waals surface area contributed by atoms with Gasteiger partial charge >= 0.3 is 0 Å². The van der Waals surface area contributed by atoms with Crippen molar-refractivity contribution in [2.24, 2.45) is 5.41 Å². The molecule has 0 bridgehead atoms. The van der Waals surface area contributed by atoms with Crippen molar-refractivity contribution in [2.75, 3.05) is 7.11 Å². The van der Waals surface area contributed by atoms with Crippen LogP contribution in [0.4, 0.5) is 0 Å². The molecule has 0 fully saturated rings. The lowest BCUT2D eigenvalue weighted by atomic mass is 9.70. The van der Waals surface area contributed by atoms with Gasteiger partial charge in [-0.15, -0.1) is 0 Å². The Balaban J connectivity index is 5.13. The maximum Gasteiger partial charge on any atom is 0.0664 e.